The average molecular weight is 301 g/mol. The lowest BCUT2D eigenvalue weighted by Gasteiger charge is -2.33. The van der Waals surface area contributed by atoms with E-state index in [0.717, 1.165) is 18.2 Å². The highest BCUT2D eigenvalue weighted by molar-refractivity contribution is 7.09. The summed E-state index contributed by atoms with van der Waals surface area (Å²) in [4.78, 5) is 3.75. The molecule has 1 aromatic heterocycles. The minimum atomic E-state index is -1.79. The van der Waals surface area contributed by atoms with Crippen molar-refractivity contribution in [1.82, 2.24) is 14.8 Å². The largest absolute Gasteiger partial charge is 0.380 e. The second-order valence-electron chi connectivity index (χ2n) is 4.42. The van der Waals surface area contributed by atoms with Crippen LogP contribution in [0.1, 0.15) is 12.5 Å². The van der Waals surface area contributed by atoms with E-state index in [1.807, 2.05) is 9.47 Å². The van der Waals surface area contributed by atoms with Crippen molar-refractivity contribution in [2.75, 3.05) is 0 Å². The number of benzene rings is 1. The van der Waals surface area contributed by atoms with Crippen LogP contribution in [0.15, 0.2) is 30.9 Å². The lowest BCUT2D eigenvalue weighted by molar-refractivity contribution is -0.0701. The molecule has 108 valence electrons. The van der Waals surface area contributed by atoms with Crippen LogP contribution in [-0.4, -0.2) is 26.0 Å². The van der Waals surface area contributed by atoms with E-state index in [1.165, 1.54) is 17.3 Å². The van der Waals surface area contributed by atoms with Gasteiger partial charge in [0, 0.05) is 15.0 Å². The van der Waals surface area contributed by atoms with Crippen LogP contribution in [-0.2, 0) is 16.7 Å². The number of aromatic nitrogens is 3. The van der Waals surface area contributed by atoms with Gasteiger partial charge < -0.3 is 9.63 Å². The topological polar surface area (TPSA) is 60.2 Å². The Morgan fingerprint density at radius 3 is 2.85 bits per heavy atom. The Morgan fingerprint density at radius 2 is 2.25 bits per heavy atom. The van der Waals surface area contributed by atoms with Crippen LogP contribution < -0.4 is 0 Å². The second kappa shape index (κ2) is 5.91. The summed E-state index contributed by atoms with van der Waals surface area (Å²) in [6.45, 7) is 1.43. The molecule has 2 rings (SSSR count). The average Bonchev–Trinajstić information content (AvgIpc) is 2.93. The summed E-state index contributed by atoms with van der Waals surface area (Å²) < 4.78 is 33.7. The fourth-order valence-electron chi connectivity index (χ4n) is 1.94. The molecule has 8 heteroatoms. The zero-order valence-corrected chi connectivity index (χ0v) is 11.9. The van der Waals surface area contributed by atoms with Crippen molar-refractivity contribution in [3.05, 3.63) is 48.1 Å². The van der Waals surface area contributed by atoms with E-state index in [4.69, 9.17) is 4.52 Å². The van der Waals surface area contributed by atoms with Crippen LogP contribution in [0.2, 0.25) is 0 Å². The molecule has 20 heavy (non-hydrogen) atoms. The third kappa shape index (κ3) is 2.85. The molecule has 5 nitrogen and oxygen atoms in total. The Kier molecular flexibility index (Phi) is 4.42. The van der Waals surface area contributed by atoms with Gasteiger partial charge in [-0.3, -0.25) is 0 Å². The maximum absolute atomic E-state index is 14.0. The molecule has 0 aliphatic carbocycles. The van der Waals surface area contributed by atoms with E-state index < -0.39 is 23.3 Å². The molecule has 0 aliphatic heterocycles. The first kappa shape index (κ1) is 15.0. The van der Waals surface area contributed by atoms with Crippen molar-refractivity contribution in [3.8, 4) is 0 Å². The molecule has 3 atom stereocenters. The zero-order chi connectivity index (χ0) is 14.8. The lowest BCUT2D eigenvalue weighted by Crippen LogP contribution is -2.43. The zero-order valence-electron chi connectivity index (χ0n) is 10.7. The summed E-state index contributed by atoms with van der Waals surface area (Å²) in [5.74, 6) is -1.36. The van der Waals surface area contributed by atoms with E-state index in [0.29, 0.717) is 0 Å². The Balaban J connectivity index is 2.48. The number of hydrogen-bond acceptors (Lipinski definition) is 4. The van der Waals surface area contributed by atoms with Crippen molar-refractivity contribution in [2.24, 2.45) is 0 Å². The van der Waals surface area contributed by atoms with Gasteiger partial charge in [0.15, 0.2) is 0 Å². The summed E-state index contributed by atoms with van der Waals surface area (Å²) in [5, 5.41) is 14.7. The van der Waals surface area contributed by atoms with E-state index in [9.17, 15) is 13.9 Å². The molecular weight excluding hydrogens is 287 g/mol. The van der Waals surface area contributed by atoms with E-state index in [1.54, 1.807) is 6.92 Å². The van der Waals surface area contributed by atoms with Crippen molar-refractivity contribution in [1.29, 1.82) is 0 Å². The van der Waals surface area contributed by atoms with Gasteiger partial charge in [0.25, 0.3) is 0 Å². The first-order valence-electron chi connectivity index (χ1n) is 5.83. The molecule has 0 saturated carbocycles. The molecule has 2 unspecified atom stereocenters. The lowest BCUT2D eigenvalue weighted by atomic mass is 9.88. The van der Waals surface area contributed by atoms with Crippen LogP contribution >= 0.6 is 9.47 Å². The quantitative estimate of drug-likeness (QED) is 0.853. The second-order valence-corrected chi connectivity index (χ2v) is 4.69. The van der Waals surface area contributed by atoms with Gasteiger partial charge in [0.05, 0.1) is 12.6 Å². The van der Waals surface area contributed by atoms with E-state index >= 15 is 0 Å². The maximum atomic E-state index is 14.0. The molecule has 0 fully saturated rings. The van der Waals surface area contributed by atoms with Crippen molar-refractivity contribution < 1.29 is 18.4 Å². The Hall–Kier alpha value is -1.43. The van der Waals surface area contributed by atoms with E-state index in [2.05, 4.69) is 10.1 Å². The molecular formula is C12H14F2N3O2P. The predicted molar refractivity (Wildman–Crippen MR) is 70.5 cm³/mol. The molecule has 0 radical (unpaired) electrons. The fourth-order valence-corrected chi connectivity index (χ4v) is 2.16. The first-order valence-corrected chi connectivity index (χ1v) is 6.30. The van der Waals surface area contributed by atoms with Crippen molar-refractivity contribution >= 4 is 9.47 Å². The number of nitrogens with zero attached hydrogens (tertiary/aromatic N) is 3. The van der Waals surface area contributed by atoms with Gasteiger partial charge in [-0.05, 0) is 25.1 Å². The molecule has 0 bridgehead atoms. The highest BCUT2D eigenvalue weighted by atomic mass is 31.0. The molecule has 1 aromatic carbocycles. The standard InChI is InChI=1S/C12H14F2N3O2P/c1-8(19-20)12(18,5-17-7-15-6-16-17)10-4-9(13)2-3-11(10)14/h2-4,6-8,18H,5,20H2,1H3/t8-,12?/m1/s1. The molecule has 1 heterocycles. The van der Waals surface area contributed by atoms with Gasteiger partial charge in [-0.15, -0.1) is 0 Å². The summed E-state index contributed by atoms with van der Waals surface area (Å²) in [7, 11) is 2.00. The summed E-state index contributed by atoms with van der Waals surface area (Å²) >= 11 is 0. The summed E-state index contributed by atoms with van der Waals surface area (Å²) in [6.07, 6.45) is 1.85. The molecule has 2 aromatic rings. The van der Waals surface area contributed by atoms with Gasteiger partial charge in [-0.2, -0.15) is 5.10 Å². The number of hydrogen-bond donors (Lipinski definition) is 1. The third-order valence-corrected chi connectivity index (χ3v) is 3.55. The summed E-state index contributed by atoms with van der Waals surface area (Å²) in [5.41, 5.74) is -1.98. The van der Waals surface area contributed by atoms with E-state index in [-0.39, 0.29) is 12.1 Å². The minimum Gasteiger partial charge on any atom is -0.380 e. The smallest absolute Gasteiger partial charge is 0.138 e. The number of aliphatic hydroxyl groups is 1. The van der Waals surface area contributed by atoms with Crippen LogP contribution in [0.4, 0.5) is 8.78 Å². The molecule has 0 saturated heterocycles. The minimum absolute atomic E-state index is 0.122. The van der Waals surface area contributed by atoms with Gasteiger partial charge >= 0.3 is 0 Å². The van der Waals surface area contributed by atoms with Gasteiger partial charge in [0.2, 0.25) is 0 Å². The molecule has 0 aliphatic rings. The van der Waals surface area contributed by atoms with Gasteiger partial charge in [-0.1, -0.05) is 0 Å². The van der Waals surface area contributed by atoms with Crippen molar-refractivity contribution in [2.45, 2.75) is 25.2 Å². The molecule has 0 amide bonds. The predicted octanol–water partition coefficient (Wildman–Crippen LogP) is 1.64. The highest BCUT2D eigenvalue weighted by Gasteiger charge is 2.39. The van der Waals surface area contributed by atoms with Crippen LogP contribution in [0.25, 0.3) is 0 Å². The van der Waals surface area contributed by atoms with Crippen LogP contribution in [0.5, 0.6) is 0 Å². The number of rotatable bonds is 5. The molecule has 0 spiro atoms. The maximum Gasteiger partial charge on any atom is 0.138 e. The Bertz CT molecular complexity index is 582. The SMILES string of the molecule is C[C@@H](OP)C(O)(Cn1cncn1)c1cc(F)ccc1F. The van der Waals surface area contributed by atoms with Gasteiger partial charge in [-0.25, -0.2) is 18.4 Å². The third-order valence-electron chi connectivity index (χ3n) is 3.14. The fraction of sp³-hybridized carbons (Fsp3) is 0.333. The molecule has 1 N–H and O–H groups in total. The first-order chi connectivity index (χ1) is 9.47. The Labute approximate surface area is 116 Å². The van der Waals surface area contributed by atoms with Crippen molar-refractivity contribution in [3.63, 3.8) is 0 Å². The Morgan fingerprint density at radius 1 is 1.50 bits per heavy atom. The summed E-state index contributed by atoms with van der Waals surface area (Å²) in [6, 6.07) is 2.90. The monoisotopic (exact) mass is 301 g/mol. The number of halogens is 2. The highest BCUT2D eigenvalue weighted by Crippen LogP contribution is 2.32. The normalized spacial score (nSPS) is 15.8. The van der Waals surface area contributed by atoms with Gasteiger partial charge in [0.1, 0.15) is 29.9 Å². The van der Waals surface area contributed by atoms with Crippen LogP contribution in [0.3, 0.4) is 0 Å². The van der Waals surface area contributed by atoms with Crippen LogP contribution in [0, 0.1) is 11.6 Å².